The van der Waals surface area contributed by atoms with Crippen LogP contribution in [0.1, 0.15) is 111 Å². The molecule has 0 fully saturated rings. The van der Waals surface area contributed by atoms with Gasteiger partial charge in [0.25, 0.3) is 5.91 Å². The summed E-state index contributed by atoms with van der Waals surface area (Å²) in [5.41, 5.74) is 16.6. The number of aromatic nitrogens is 4. The molecule has 0 atom stereocenters. The zero-order chi connectivity index (χ0) is 46.0. The Labute approximate surface area is 384 Å². The minimum Gasteiger partial charge on any atom is -0.439 e. The Kier molecular flexibility index (Phi) is 15.1. The van der Waals surface area contributed by atoms with Crippen molar-refractivity contribution in [3.63, 3.8) is 0 Å². The number of amides is 2. The van der Waals surface area contributed by atoms with E-state index in [0.29, 0.717) is 49.8 Å². The molecular weight excluding hydrogens is 811 g/mol. The van der Waals surface area contributed by atoms with Crippen LogP contribution in [0, 0.1) is 6.92 Å². The molecule has 0 saturated carbocycles. The molecule has 12 heteroatoms. The van der Waals surface area contributed by atoms with E-state index in [1.54, 1.807) is 30.3 Å². The Morgan fingerprint density at radius 3 is 2.43 bits per heavy atom. The smallest absolute Gasteiger partial charge is 0.251 e. The number of nitrogens with two attached hydrogens (primary N) is 1. The zero-order valence-electron chi connectivity index (χ0n) is 39.1. The summed E-state index contributed by atoms with van der Waals surface area (Å²) in [6, 6.07) is 28.2. The van der Waals surface area contributed by atoms with Crippen LogP contribution in [0.3, 0.4) is 0 Å². The van der Waals surface area contributed by atoms with Gasteiger partial charge in [0, 0.05) is 97.2 Å². The number of aryl methyl sites for hydroxylation is 3. The van der Waals surface area contributed by atoms with Crippen molar-refractivity contribution in [3.8, 4) is 11.6 Å². The standard InChI is InChI=1S/C53H65N9O3/c1-38-33-39(36-54)34-50(57-38)65-42-21-16-19-40(35-42)51(64)56-29-14-13-20-41-37-61(59-58-41)31-18-30-55-49(63)28-8-7-15-32-62-46-25-12-10-23-44(46)53(4,5)48(62)27-17-26-47-52(2,3)43-22-9-11-24-45(43)60(47)6/h9-12,16-17,19,21-27,33-35,37H,7-8,13-15,18,20,28-32,36,54H2,1-6H3,(H-,55,56,63,64)/p+1. The predicted octanol–water partition coefficient (Wildman–Crippen LogP) is 9.00. The minimum atomic E-state index is -0.157. The fraction of sp³-hybridized carbons (Fsp3) is 0.396. The van der Waals surface area contributed by atoms with Crippen molar-refractivity contribution in [2.45, 2.75) is 110 Å². The van der Waals surface area contributed by atoms with E-state index in [-0.39, 0.29) is 22.6 Å². The number of benzene rings is 3. The number of unbranched alkanes of at least 4 members (excludes halogenated alkanes) is 3. The highest BCUT2D eigenvalue weighted by Crippen LogP contribution is 2.48. The van der Waals surface area contributed by atoms with E-state index in [9.17, 15) is 9.59 Å². The number of anilines is 1. The van der Waals surface area contributed by atoms with Gasteiger partial charge in [-0.25, -0.2) is 4.98 Å². The van der Waals surface area contributed by atoms with Crippen molar-refractivity contribution >= 4 is 28.9 Å². The Bertz CT molecular complexity index is 2570. The molecule has 12 nitrogen and oxygen atoms in total. The van der Waals surface area contributed by atoms with Gasteiger partial charge in [0.05, 0.1) is 11.1 Å². The maximum absolute atomic E-state index is 12.8. The van der Waals surface area contributed by atoms with E-state index in [2.05, 4.69) is 137 Å². The van der Waals surface area contributed by atoms with E-state index in [0.717, 1.165) is 68.4 Å². The average Bonchev–Trinajstić information content (AvgIpc) is 3.90. The molecule has 0 saturated heterocycles. The second-order valence-electron chi connectivity index (χ2n) is 18.3. The maximum atomic E-state index is 12.8. The quantitative estimate of drug-likeness (QED) is 0.0490. The first-order chi connectivity index (χ1) is 31.3. The van der Waals surface area contributed by atoms with Gasteiger partial charge in [0.2, 0.25) is 17.5 Å². The van der Waals surface area contributed by atoms with Gasteiger partial charge in [-0.1, -0.05) is 74.0 Å². The lowest BCUT2D eigenvalue weighted by Gasteiger charge is -2.27. The topological polar surface area (TPSA) is 143 Å². The fourth-order valence-electron chi connectivity index (χ4n) is 9.20. The summed E-state index contributed by atoms with van der Waals surface area (Å²) in [5.74, 6) is 0.922. The van der Waals surface area contributed by atoms with Gasteiger partial charge >= 0.3 is 0 Å². The average molecular weight is 877 g/mol. The molecule has 2 aliphatic rings. The van der Waals surface area contributed by atoms with Crippen LogP contribution in [-0.4, -0.2) is 68.8 Å². The van der Waals surface area contributed by atoms with Gasteiger partial charge in [0.1, 0.15) is 12.8 Å². The number of carbonyl (C=O) groups excluding carboxylic acids is 2. The maximum Gasteiger partial charge on any atom is 0.251 e. The number of hydrogen-bond acceptors (Lipinski definition) is 8. The summed E-state index contributed by atoms with van der Waals surface area (Å²) in [5, 5.41) is 14.7. The van der Waals surface area contributed by atoms with Crippen molar-refractivity contribution in [1.82, 2.24) is 30.6 Å². The number of ether oxygens (including phenoxy) is 1. The number of para-hydroxylation sites is 2. The van der Waals surface area contributed by atoms with E-state index in [4.69, 9.17) is 10.5 Å². The van der Waals surface area contributed by atoms with Crippen LogP contribution >= 0.6 is 0 Å². The summed E-state index contributed by atoms with van der Waals surface area (Å²) >= 11 is 0. The van der Waals surface area contributed by atoms with E-state index >= 15 is 0 Å². The lowest BCUT2D eigenvalue weighted by Crippen LogP contribution is -2.28. The van der Waals surface area contributed by atoms with Gasteiger partial charge in [-0.05, 0) is 107 Å². The SMILES string of the molecule is Cc1cc(CN)cc(Oc2cccc(C(=O)NCCCCc3cn(CCCNC(=O)CCCCCN4C(=CC=CC5=[N+](C)c6ccccc6C5(C)C)C(C)(C)c5ccccc54)nn3)c2)n1. The first-order valence-corrected chi connectivity index (χ1v) is 23.2. The van der Waals surface area contributed by atoms with Crippen molar-refractivity contribution < 1.29 is 18.9 Å². The van der Waals surface area contributed by atoms with Crippen LogP contribution in [0.4, 0.5) is 11.4 Å². The summed E-state index contributed by atoms with van der Waals surface area (Å²) in [6.45, 7) is 14.3. The molecular formula is C53H66N9O3+. The molecule has 0 unspecified atom stereocenters. The largest absolute Gasteiger partial charge is 0.439 e. The van der Waals surface area contributed by atoms with Gasteiger partial charge < -0.3 is 26.0 Å². The van der Waals surface area contributed by atoms with Crippen molar-refractivity contribution in [2.75, 3.05) is 31.6 Å². The first kappa shape index (κ1) is 46.6. The van der Waals surface area contributed by atoms with Crippen molar-refractivity contribution in [3.05, 3.63) is 149 Å². The molecule has 0 spiro atoms. The Balaban J connectivity index is 0.778. The highest BCUT2D eigenvalue weighted by atomic mass is 16.5. The van der Waals surface area contributed by atoms with E-state index in [1.807, 2.05) is 23.9 Å². The number of allylic oxidation sites excluding steroid dienone is 4. The molecule has 340 valence electrons. The first-order valence-electron chi connectivity index (χ1n) is 23.2. The summed E-state index contributed by atoms with van der Waals surface area (Å²) in [4.78, 5) is 32.5. The lowest BCUT2D eigenvalue weighted by atomic mass is 9.81. The molecule has 2 aromatic heterocycles. The van der Waals surface area contributed by atoms with Gasteiger partial charge in [-0.3, -0.25) is 14.3 Å². The highest BCUT2D eigenvalue weighted by Gasteiger charge is 2.43. The lowest BCUT2D eigenvalue weighted by molar-refractivity contribution is -0.401. The summed E-state index contributed by atoms with van der Waals surface area (Å²) < 4.78 is 10.1. The van der Waals surface area contributed by atoms with Crippen LogP contribution in [0.15, 0.2) is 115 Å². The van der Waals surface area contributed by atoms with E-state index in [1.165, 1.54) is 33.9 Å². The van der Waals surface area contributed by atoms with Gasteiger partial charge in [-0.2, -0.15) is 4.58 Å². The third kappa shape index (κ3) is 11.3. The Hall–Kier alpha value is -6.40. The van der Waals surface area contributed by atoms with Gasteiger partial charge in [-0.15, -0.1) is 5.10 Å². The molecule has 7 rings (SSSR count). The van der Waals surface area contributed by atoms with E-state index < -0.39 is 0 Å². The number of hydrogen-bond donors (Lipinski definition) is 3. The molecule has 65 heavy (non-hydrogen) atoms. The number of rotatable bonds is 21. The Morgan fingerprint density at radius 1 is 0.831 bits per heavy atom. The molecule has 2 aliphatic heterocycles. The second kappa shape index (κ2) is 21.1. The second-order valence-corrected chi connectivity index (χ2v) is 18.3. The van der Waals surface area contributed by atoms with Crippen molar-refractivity contribution in [1.29, 1.82) is 0 Å². The summed E-state index contributed by atoms with van der Waals surface area (Å²) in [6.07, 6.45) is 15.4. The molecule has 5 aromatic rings. The minimum absolute atomic E-state index is 0.0702. The third-order valence-electron chi connectivity index (χ3n) is 12.7. The number of pyridine rings is 1. The zero-order valence-corrected chi connectivity index (χ0v) is 39.1. The fourth-order valence-corrected chi connectivity index (χ4v) is 9.20. The van der Waals surface area contributed by atoms with Crippen LogP contribution in [0.5, 0.6) is 11.6 Å². The molecule has 4 N–H and O–H groups in total. The highest BCUT2D eigenvalue weighted by molar-refractivity contribution is 6.03. The molecule has 3 aromatic carbocycles. The number of nitrogens with zero attached hydrogens (tertiary/aromatic N) is 6. The predicted molar refractivity (Wildman–Crippen MR) is 259 cm³/mol. The number of carbonyl (C=O) groups is 2. The monoisotopic (exact) mass is 877 g/mol. The van der Waals surface area contributed by atoms with Crippen molar-refractivity contribution in [2.24, 2.45) is 5.73 Å². The van der Waals surface area contributed by atoms with Crippen LogP contribution < -0.4 is 26.0 Å². The number of nitrogens with one attached hydrogen (secondary N) is 2. The van der Waals surface area contributed by atoms with Crippen LogP contribution in [0.2, 0.25) is 0 Å². The van der Waals surface area contributed by atoms with Crippen LogP contribution in [-0.2, 0) is 35.1 Å². The molecule has 4 heterocycles. The van der Waals surface area contributed by atoms with Gasteiger partial charge in [0.15, 0.2) is 5.71 Å². The normalized spacial score (nSPS) is 15.4. The Morgan fingerprint density at radius 2 is 1.62 bits per heavy atom. The molecule has 0 aliphatic carbocycles. The molecule has 2 amide bonds. The third-order valence-corrected chi connectivity index (χ3v) is 12.7. The molecule has 0 bridgehead atoms. The van der Waals surface area contributed by atoms with Crippen LogP contribution in [0.25, 0.3) is 0 Å². The molecule has 0 radical (unpaired) electrons. The number of fused-ring (bicyclic) bond motifs is 2. The summed E-state index contributed by atoms with van der Waals surface area (Å²) in [7, 11) is 2.16.